The Morgan fingerprint density at radius 3 is 2.45 bits per heavy atom. The Balaban J connectivity index is 2.69. The minimum Gasteiger partial charge on any atom is -0.449 e. The van der Waals surface area contributed by atoms with Crippen LogP contribution in [0.4, 0.5) is 4.79 Å². The van der Waals surface area contributed by atoms with Gasteiger partial charge in [-0.2, -0.15) is 24.5 Å². The molecule has 3 N–H and O–H groups in total. The third-order valence-corrected chi connectivity index (χ3v) is 6.60. The average molecular weight is 341 g/mol. The van der Waals surface area contributed by atoms with E-state index in [0.717, 1.165) is 0 Å². The van der Waals surface area contributed by atoms with E-state index >= 15 is 0 Å². The Hall–Kier alpha value is -0.580. The number of carbonyl (C=O) groups is 1. The Morgan fingerprint density at radius 1 is 1.50 bits per heavy atom. The minimum absolute atomic E-state index is 0.110. The smallest absolute Gasteiger partial charge is 0.421 e. The van der Waals surface area contributed by atoms with E-state index in [1.165, 1.54) is 16.1 Å². The second kappa shape index (κ2) is 6.92. The molecule has 116 valence electrons. The third kappa shape index (κ3) is 3.96. The highest BCUT2D eigenvalue weighted by Crippen LogP contribution is 2.35. The van der Waals surface area contributed by atoms with Gasteiger partial charge in [0, 0.05) is 13.1 Å². The van der Waals surface area contributed by atoms with Gasteiger partial charge in [-0.1, -0.05) is 12.2 Å². The molecule has 0 aliphatic carbocycles. The van der Waals surface area contributed by atoms with E-state index in [2.05, 4.69) is 4.74 Å². The van der Waals surface area contributed by atoms with E-state index in [1.807, 2.05) is 11.0 Å². The number of rotatable bonds is 5. The normalized spacial score (nSPS) is 19.3. The molecule has 0 saturated carbocycles. The highest BCUT2D eigenvalue weighted by Gasteiger charge is 2.40. The van der Waals surface area contributed by atoms with Crippen LogP contribution in [-0.2, 0) is 14.9 Å². The molecule has 0 unspecified atom stereocenters. The molecule has 1 aliphatic heterocycles. The lowest BCUT2D eigenvalue weighted by Gasteiger charge is -2.39. The first-order valence-corrected chi connectivity index (χ1v) is 9.14. The number of thiocarbonyl (C=S) groups is 1. The quantitative estimate of drug-likeness (QED) is 0.700. The standard InChI is InChI=1S/C10H19N3O4S3/c1-3-17-9(14)12-20(15,16)13-6-4-10(19-2,5-7-13)8(11)18/h3-7H2,1-2H3,(H2,11,18)(H,12,14). The van der Waals surface area contributed by atoms with E-state index in [9.17, 15) is 13.2 Å². The predicted molar refractivity (Wildman–Crippen MR) is 82.9 cm³/mol. The van der Waals surface area contributed by atoms with Crippen LogP contribution < -0.4 is 10.5 Å². The number of nitrogens with zero attached hydrogens (tertiary/aromatic N) is 1. The van der Waals surface area contributed by atoms with Crippen molar-refractivity contribution in [2.24, 2.45) is 5.73 Å². The van der Waals surface area contributed by atoms with Gasteiger partial charge in [0.25, 0.3) is 0 Å². The fourth-order valence-corrected chi connectivity index (χ4v) is 4.28. The molecule has 1 amide bonds. The molecule has 0 bridgehead atoms. The molecule has 1 saturated heterocycles. The van der Waals surface area contributed by atoms with E-state index in [-0.39, 0.29) is 24.4 Å². The molecular formula is C10H19N3O4S3. The Labute approximate surface area is 128 Å². The van der Waals surface area contributed by atoms with Crippen molar-refractivity contribution < 1.29 is 17.9 Å². The van der Waals surface area contributed by atoms with Gasteiger partial charge in [-0.15, -0.1) is 0 Å². The summed E-state index contributed by atoms with van der Waals surface area (Å²) in [4.78, 5) is 11.6. The molecular weight excluding hydrogens is 322 g/mol. The molecule has 1 aliphatic rings. The SMILES string of the molecule is CCOC(=O)NS(=O)(=O)N1CCC(SC)(C(N)=S)CC1. The van der Waals surface area contributed by atoms with E-state index < -0.39 is 16.3 Å². The van der Waals surface area contributed by atoms with Crippen LogP contribution in [0.1, 0.15) is 19.8 Å². The zero-order valence-electron chi connectivity index (χ0n) is 11.4. The van der Waals surface area contributed by atoms with E-state index in [4.69, 9.17) is 18.0 Å². The predicted octanol–water partition coefficient (Wildman–Crippen LogP) is 0.461. The second-order valence-corrected chi connectivity index (χ2v) is 7.59. The molecule has 0 atom stereocenters. The molecule has 7 nitrogen and oxygen atoms in total. The summed E-state index contributed by atoms with van der Waals surface area (Å²) in [5.74, 6) is 0. The first-order valence-electron chi connectivity index (χ1n) is 6.07. The van der Waals surface area contributed by atoms with Gasteiger partial charge in [0.05, 0.1) is 16.3 Å². The average Bonchev–Trinajstić information content (AvgIpc) is 2.38. The number of carbonyl (C=O) groups excluding carboxylic acids is 1. The van der Waals surface area contributed by atoms with Crippen molar-refractivity contribution in [2.75, 3.05) is 26.0 Å². The second-order valence-electron chi connectivity index (χ2n) is 4.29. The van der Waals surface area contributed by atoms with Crippen molar-refractivity contribution in [1.29, 1.82) is 0 Å². The molecule has 20 heavy (non-hydrogen) atoms. The third-order valence-electron chi connectivity index (χ3n) is 3.20. The number of hydrogen-bond acceptors (Lipinski definition) is 6. The molecule has 0 spiro atoms. The minimum atomic E-state index is -3.87. The van der Waals surface area contributed by atoms with Gasteiger partial charge in [-0.25, -0.2) is 9.52 Å². The fraction of sp³-hybridized carbons (Fsp3) is 0.800. The van der Waals surface area contributed by atoms with Gasteiger partial charge in [0.15, 0.2) is 0 Å². The number of thioether (sulfide) groups is 1. The summed E-state index contributed by atoms with van der Waals surface area (Å²) in [6, 6.07) is 0. The van der Waals surface area contributed by atoms with Gasteiger partial charge < -0.3 is 10.5 Å². The number of nitrogens with one attached hydrogen (secondary N) is 1. The molecule has 1 heterocycles. The number of ether oxygens (including phenoxy) is 1. The Morgan fingerprint density at radius 2 is 2.05 bits per heavy atom. The molecule has 0 radical (unpaired) electrons. The number of hydrogen-bond donors (Lipinski definition) is 2. The number of nitrogens with two attached hydrogens (primary N) is 1. The van der Waals surface area contributed by atoms with Gasteiger partial charge in [-0.3, -0.25) is 0 Å². The maximum absolute atomic E-state index is 12.0. The Kier molecular flexibility index (Phi) is 6.05. The molecule has 1 fully saturated rings. The van der Waals surface area contributed by atoms with Crippen molar-refractivity contribution in [3.05, 3.63) is 0 Å². The number of amides is 1. The lowest BCUT2D eigenvalue weighted by Crippen LogP contribution is -2.53. The number of piperidine rings is 1. The summed E-state index contributed by atoms with van der Waals surface area (Å²) in [5.41, 5.74) is 5.74. The summed E-state index contributed by atoms with van der Waals surface area (Å²) >= 11 is 6.60. The summed E-state index contributed by atoms with van der Waals surface area (Å²) < 4.78 is 31.2. The first kappa shape index (κ1) is 17.5. The summed E-state index contributed by atoms with van der Waals surface area (Å²) in [7, 11) is -3.87. The summed E-state index contributed by atoms with van der Waals surface area (Å²) in [6.45, 7) is 2.22. The van der Waals surface area contributed by atoms with Gasteiger partial charge in [-0.05, 0) is 26.0 Å². The van der Waals surface area contributed by atoms with Crippen LogP contribution in [0.25, 0.3) is 0 Å². The highest BCUT2D eigenvalue weighted by molar-refractivity contribution is 8.02. The van der Waals surface area contributed by atoms with Crippen LogP contribution in [0.15, 0.2) is 0 Å². The van der Waals surface area contributed by atoms with E-state index in [1.54, 1.807) is 6.92 Å². The molecule has 10 heteroatoms. The molecule has 0 aromatic heterocycles. The summed E-state index contributed by atoms with van der Waals surface area (Å²) in [5, 5.41) is 0. The lowest BCUT2D eigenvalue weighted by atomic mass is 9.97. The monoisotopic (exact) mass is 341 g/mol. The Bertz CT molecular complexity index is 472. The van der Waals surface area contributed by atoms with Crippen molar-refractivity contribution in [1.82, 2.24) is 9.03 Å². The van der Waals surface area contributed by atoms with Crippen LogP contribution in [0.2, 0.25) is 0 Å². The van der Waals surface area contributed by atoms with Crippen LogP contribution >= 0.6 is 24.0 Å². The van der Waals surface area contributed by atoms with Gasteiger partial charge >= 0.3 is 16.3 Å². The molecule has 0 aromatic carbocycles. The van der Waals surface area contributed by atoms with Crippen LogP contribution in [0.3, 0.4) is 0 Å². The summed E-state index contributed by atoms with van der Waals surface area (Å²) in [6.07, 6.45) is 1.98. The topological polar surface area (TPSA) is 102 Å². The van der Waals surface area contributed by atoms with Crippen LogP contribution in [-0.4, -0.2) is 54.5 Å². The molecule has 1 rings (SSSR count). The van der Waals surface area contributed by atoms with Crippen LogP contribution in [0.5, 0.6) is 0 Å². The maximum atomic E-state index is 12.0. The maximum Gasteiger partial charge on any atom is 0.421 e. The van der Waals surface area contributed by atoms with Crippen molar-refractivity contribution in [3.63, 3.8) is 0 Å². The van der Waals surface area contributed by atoms with Gasteiger partial charge in [0.1, 0.15) is 0 Å². The largest absolute Gasteiger partial charge is 0.449 e. The zero-order valence-corrected chi connectivity index (χ0v) is 13.9. The molecule has 0 aromatic rings. The lowest BCUT2D eigenvalue weighted by molar-refractivity contribution is 0.157. The van der Waals surface area contributed by atoms with Gasteiger partial charge in [0.2, 0.25) is 0 Å². The fourth-order valence-electron chi connectivity index (χ4n) is 1.97. The zero-order chi connectivity index (χ0) is 15.4. The van der Waals surface area contributed by atoms with Crippen molar-refractivity contribution in [3.8, 4) is 0 Å². The van der Waals surface area contributed by atoms with Crippen LogP contribution in [0, 0.1) is 0 Å². The van der Waals surface area contributed by atoms with Crippen molar-refractivity contribution >= 4 is 45.3 Å². The van der Waals surface area contributed by atoms with E-state index in [0.29, 0.717) is 17.8 Å². The van der Waals surface area contributed by atoms with Crippen molar-refractivity contribution in [2.45, 2.75) is 24.5 Å². The highest BCUT2D eigenvalue weighted by atomic mass is 32.2. The first-order chi connectivity index (χ1) is 9.27.